The van der Waals surface area contributed by atoms with Gasteiger partial charge in [0.05, 0.1) is 11.9 Å². The number of nitrogens with zero attached hydrogens (tertiary/aromatic N) is 5. The van der Waals surface area contributed by atoms with Crippen LogP contribution in [-0.2, 0) is 9.59 Å². The van der Waals surface area contributed by atoms with Gasteiger partial charge in [0.1, 0.15) is 15.6 Å². The van der Waals surface area contributed by atoms with Crippen LogP contribution in [-0.4, -0.2) is 62.2 Å². The number of carbonyl (C=O) groups is 2. The van der Waals surface area contributed by atoms with Gasteiger partial charge in [0.25, 0.3) is 0 Å². The van der Waals surface area contributed by atoms with Gasteiger partial charge in [-0.15, -0.1) is 10.2 Å². The number of rotatable bonds is 4. The molecular formula is C20H25N5O3S. The van der Waals surface area contributed by atoms with Gasteiger partial charge in [-0.25, -0.2) is 4.79 Å². The van der Waals surface area contributed by atoms with Crippen molar-refractivity contribution in [3.8, 4) is 10.6 Å². The molecule has 2 aliphatic heterocycles. The van der Waals surface area contributed by atoms with Crippen LogP contribution in [0.25, 0.3) is 10.6 Å². The van der Waals surface area contributed by atoms with E-state index in [1.54, 1.807) is 29.4 Å². The predicted octanol–water partition coefficient (Wildman–Crippen LogP) is 2.59. The molecule has 2 saturated heterocycles. The number of pyridine rings is 1. The number of aliphatic carboxylic acids is 1. The maximum absolute atomic E-state index is 13.1. The minimum atomic E-state index is -1.07. The number of carbonyl (C=O) groups excluding carboxylic acids is 1. The fourth-order valence-electron chi connectivity index (χ4n) is 4.35. The topological polar surface area (TPSA) is 99.5 Å². The minimum Gasteiger partial charge on any atom is -0.480 e. The van der Waals surface area contributed by atoms with Crippen LogP contribution in [0.3, 0.4) is 0 Å². The number of aryl methyl sites for hydroxylation is 1. The molecule has 1 amide bonds. The van der Waals surface area contributed by atoms with Crippen molar-refractivity contribution in [1.29, 1.82) is 0 Å². The van der Waals surface area contributed by atoms with E-state index < -0.39 is 11.5 Å². The zero-order valence-corrected chi connectivity index (χ0v) is 17.5. The highest BCUT2D eigenvalue weighted by atomic mass is 32.1. The Morgan fingerprint density at radius 2 is 2.00 bits per heavy atom. The average molecular weight is 416 g/mol. The predicted molar refractivity (Wildman–Crippen MR) is 110 cm³/mol. The van der Waals surface area contributed by atoms with Crippen LogP contribution in [0.1, 0.15) is 37.6 Å². The van der Waals surface area contributed by atoms with Crippen LogP contribution in [0.2, 0.25) is 0 Å². The van der Waals surface area contributed by atoms with Gasteiger partial charge < -0.3 is 14.9 Å². The summed E-state index contributed by atoms with van der Waals surface area (Å²) in [5.74, 6) is -1.06. The lowest BCUT2D eigenvalue weighted by Crippen LogP contribution is -2.53. The summed E-state index contributed by atoms with van der Waals surface area (Å²) in [5, 5.41) is 19.8. The standard InChI is InChI=1S/C20H25N5O3S/c1-13-22-23-17(29-13)15-4-8-21-12-16(15)24-10-5-14(6-11-24)18(26)25-9-3-7-20(25,2)19(27)28/h4,8,12,14H,3,5-7,9-11H2,1-2H3,(H,27,28). The van der Waals surface area contributed by atoms with Crippen LogP contribution in [0.5, 0.6) is 0 Å². The molecule has 2 aromatic rings. The Morgan fingerprint density at radius 3 is 2.66 bits per heavy atom. The number of carboxylic acid groups (broad SMARTS) is 1. The maximum atomic E-state index is 13.1. The maximum Gasteiger partial charge on any atom is 0.329 e. The fourth-order valence-corrected chi connectivity index (χ4v) is 5.08. The summed E-state index contributed by atoms with van der Waals surface area (Å²) in [5.41, 5.74) is 0.944. The van der Waals surface area contributed by atoms with E-state index in [9.17, 15) is 14.7 Å². The summed E-state index contributed by atoms with van der Waals surface area (Å²) in [4.78, 5) is 32.9. The number of aromatic nitrogens is 3. The van der Waals surface area contributed by atoms with Crippen LogP contribution >= 0.6 is 11.3 Å². The lowest BCUT2D eigenvalue weighted by Gasteiger charge is -2.38. The zero-order valence-electron chi connectivity index (χ0n) is 16.7. The summed E-state index contributed by atoms with van der Waals surface area (Å²) < 4.78 is 0. The quantitative estimate of drug-likeness (QED) is 0.819. The lowest BCUT2D eigenvalue weighted by molar-refractivity contribution is -0.157. The molecule has 29 heavy (non-hydrogen) atoms. The first kappa shape index (κ1) is 19.8. The van der Waals surface area contributed by atoms with E-state index in [1.165, 1.54) is 0 Å². The van der Waals surface area contributed by atoms with Crippen molar-refractivity contribution < 1.29 is 14.7 Å². The summed E-state index contributed by atoms with van der Waals surface area (Å²) in [6.07, 6.45) is 6.27. The van der Waals surface area contributed by atoms with Crippen LogP contribution in [0.15, 0.2) is 18.5 Å². The molecule has 1 unspecified atom stereocenters. The largest absolute Gasteiger partial charge is 0.480 e. The Bertz CT molecular complexity index is 924. The van der Waals surface area contributed by atoms with Crippen molar-refractivity contribution >= 4 is 28.9 Å². The number of likely N-dealkylation sites (tertiary alicyclic amines) is 1. The molecule has 4 rings (SSSR count). The molecule has 2 aliphatic rings. The van der Waals surface area contributed by atoms with Crippen molar-refractivity contribution in [2.45, 2.75) is 45.1 Å². The van der Waals surface area contributed by atoms with Crippen LogP contribution in [0.4, 0.5) is 5.69 Å². The first-order valence-corrected chi connectivity index (χ1v) is 10.8. The Hall–Kier alpha value is -2.55. The van der Waals surface area contributed by atoms with Gasteiger partial charge in [-0.1, -0.05) is 11.3 Å². The second kappa shape index (κ2) is 7.70. The molecule has 0 spiro atoms. The van der Waals surface area contributed by atoms with Gasteiger partial charge in [0, 0.05) is 37.3 Å². The number of anilines is 1. The Kier molecular flexibility index (Phi) is 5.24. The second-order valence-electron chi connectivity index (χ2n) is 7.95. The van der Waals surface area contributed by atoms with E-state index in [4.69, 9.17) is 0 Å². The number of hydrogen-bond donors (Lipinski definition) is 1. The molecule has 0 radical (unpaired) electrons. The molecular weight excluding hydrogens is 390 g/mol. The van der Waals surface area contributed by atoms with Gasteiger partial charge in [0.2, 0.25) is 5.91 Å². The Balaban J connectivity index is 1.47. The van der Waals surface area contributed by atoms with E-state index in [0.717, 1.165) is 40.8 Å². The first-order chi connectivity index (χ1) is 13.9. The van der Waals surface area contributed by atoms with Gasteiger partial charge in [-0.3, -0.25) is 9.78 Å². The van der Waals surface area contributed by atoms with Crippen molar-refractivity contribution in [2.75, 3.05) is 24.5 Å². The van der Waals surface area contributed by atoms with Crippen molar-refractivity contribution in [3.63, 3.8) is 0 Å². The molecule has 2 fully saturated rings. The van der Waals surface area contributed by atoms with Gasteiger partial charge in [-0.2, -0.15) is 0 Å². The molecule has 8 nitrogen and oxygen atoms in total. The van der Waals surface area contributed by atoms with Crippen molar-refractivity contribution in [1.82, 2.24) is 20.1 Å². The van der Waals surface area contributed by atoms with Crippen LogP contribution < -0.4 is 4.90 Å². The van der Waals surface area contributed by atoms with E-state index in [1.807, 2.05) is 19.2 Å². The first-order valence-electron chi connectivity index (χ1n) is 9.94. The normalized spacial score (nSPS) is 22.8. The third-order valence-corrected chi connectivity index (χ3v) is 6.98. The molecule has 4 heterocycles. The molecule has 154 valence electrons. The van der Waals surface area contributed by atoms with Gasteiger partial charge in [-0.05, 0) is 45.6 Å². The Morgan fingerprint density at radius 1 is 1.24 bits per heavy atom. The molecule has 2 aromatic heterocycles. The molecule has 0 bridgehead atoms. The summed E-state index contributed by atoms with van der Waals surface area (Å²) in [6.45, 7) is 5.59. The number of amides is 1. The SMILES string of the molecule is Cc1nnc(-c2ccncc2N2CCC(C(=O)N3CCCC3(C)C(=O)O)CC2)s1. The van der Waals surface area contributed by atoms with Crippen LogP contribution in [0, 0.1) is 12.8 Å². The molecule has 1 atom stereocenters. The molecule has 0 aromatic carbocycles. The summed E-state index contributed by atoms with van der Waals surface area (Å²) in [7, 11) is 0. The van der Waals surface area contributed by atoms with Gasteiger partial charge in [0.15, 0.2) is 0 Å². The van der Waals surface area contributed by atoms with Crippen molar-refractivity contribution in [2.24, 2.45) is 5.92 Å². The third kappa shape index (κ3) is 3.59. The zero-order chi connectivity index (χ0) is 20.6. The highest BCUT2D eigenvalue weighted by Gasteiger charge is 2.47. The summed E-state index contributed by atoms with van der Waals surface area (Å²) in [6, 6.07) is 1.95. The lowest BCUT2D eigenvalue weighted by atomic mass is 9.92. The monoisotopic (exact) mass is 415 g/mol. The number of carboxylic acids is 1. The fraction of sp³-hybridized carbons (Fsp3) is 0.550. The van der Waals surface area contributed by atoms with Gasteiger partial charge >= 0.3 is 5.97 Å². The van der Waals surface area contributed by atoms with E-state index in [2.05, 4.69) is 20.1 Å². The average Bonchev–Trinajstić information content (AvgIpc) is 3.34. The summed E-state index contributed by atoms with van der Waals surface area (Å²) >= 11 is 1.55. The van der Waals surface area contributed by atoms with Crippen molar-refractivity contribution in [3.05, 3.63) is 23.5 Å². The minimum absolute atomic E-state index is 0.0155. The molecule has 0 saturated carbocycles. The molecule has 0 aliphatic carbocycles. The van der Waals surface area contributed by atoms with E-state index in [-0.39, 0.29) is 11.8 Å². The number of piperidine rings is 1. The third-order valence-electron chi connectivity index (χ3n) is 6.11. The second-order valence-corrected chi connectivity index (χ2v) is 9.13. The highest BCUT2D eigenvalue weighted by molar-refractivity contribution is 7.14. The Labute approximate surface area is 173 Å². The van der Waals surface area contributed by atoms with E-state index >= 15 is 0 Å². The molecule has 9 heteroatoms. The van der Waals surface area contributed by atoms with E-state index in [0.29, 0.717) is 25.8 Å². The molecule has 1 N–H and O–H groups in total. The highest BCUT2D eigenvalue weighted by Crippen LogP contribution is 2.36. The smallest absolute Gasteiger partial charge is 0.329 e. The number of hydrogen-bond acceptors (Lipinski definition) is 7.